The van der Waals surface area contributed by atoms with Gasteiger partial charge in [-0.25, -0.2) is 4.79 Å². The van der Waals surface area contributed by atoms with E-state index < -0.39 is 5.97 Å². The first-order valence-electron chi connectivity index (χ1n) is 5.24. The van der Waals surface area contributed by atoms with Gasteiger partial charge >= 0.3 is 5.97 Å². The molecule has 1 aliphatic heterocycles. The van der Waals surface area contributed by atoms with Gasteiger partial charge < -0.3 is 14.8 Å². The number of rotatable bonds is 2. The molecule has 0 spiro atoms. The molecule has 0 radical (unpaired) electrons. The van der Waals surface area contributed by atoms with Gasteiger partial charge in [-0.1, -0.05) is 0 Å². The Hall–Kier alpha value is -2.04. The number of benzene rings is 1. The molecule has 1 N–H and O–H groups in total. The second kappa shape index (κ2) is 4.45. The lowest BCUT2D eigenvalue weighted by Gasteiger charge is -2.20. The number of ether oxygens (including phenoxy) is 2. The van der Waals surface area contributed by atoms with Gasteiger partial charge in [0.25, 0.3) is 0 Å². The highest BCUT2D eigenvalue weighted by Crippen LogP contribution is 2.34. The second-order valence-electron chi connectivity index (χ2n) is 3.75. The average Bonchev–Trinajstić information content (AvgIpc) is 2.36. The topological polar surface area (TPSA) is 64.6 Å². The SMILES string of the molecule is COC(=O)c1cc2c(c(OC)c1)NC(=O)CC2. The van der Waals surface area contributed by atoms with Crippen molar-refractivity contribution >= 4 is 17.6 Å². The van der Waals surface area contributed by atoms with Crippen molar-refractivity contribution in [3.05, 3.63) is 23.3 Å². The molecule has 0 saturated heterocycles. The van der Waals surface area contributed by atoms with E-state index in [1.807, 2.05) is 0 Å². The summed E-state index contributed by atoms with van der Waals surface area (Å²) in [6.07, 6.45) is 1.02. The summed E-state index contributed by atoms with van der Waals surface area (Å²) in [7, 11) is 2.83. The van der Waals surface area contributed by atoms with Crippen LogP contribution in [0.3, 0.4) is 0 Å². The van der Waals surface area contributed by atoms with Crippen molar-refractivity contribution in [3.63, 3.8) is 0 Å². The number of hydrogen-bond donors (Lipinski definition) is 1. The predicted molar refractivity (Wildman–Crippen MR) is 61.3 cm³/mol. The van der Waals surface area contributed by atoms with Gasteiger partial charge in [0.1, 0.15) is 5.75 Å². The molecule has 5 heteroatoms. The maximum absolute atomic E-state index is 11.5. The lowest BCUT2D eigenvalue weighted by Crippen LogP contribution is -2.20. The van der Waals surface area contributed by atoms with Crippen LogP contribution >= 0.6 is 0 Å². The highest BCUT2D eigenvalue weighted by molar-refractivity contribution is 5.98. The Bertz CT molecular complexity index is 464. The number of carbonyl (C=O) groups is 2. The Balaban J connectivity index is 2.49. The van der Waals surface area contributed by atoms with Gasteiger partial charge in [0, 0.05) is 6.42 Å². The number of fused-ring (bicyclic) bond motifs is 1. The zero-order valence-electron chi connectivity index (χ0n) is 9.70. The highest BCUT2D eigenvalue weighted by Gasteiger charge is 2.21. The van der Waals surface area contributed by atoms with Gasteiger partial charge in [0.2, 0.25) is 5.91 Å². The van der Waals surface area contributed by atoms with E-state index in [1.54, 1.807) is 12.1 Å². The lowest BCUT2D eigenvalue weighted by atomic mass is 9.99. The number of hydrogen-bond acceptors (Lipinski definition) is 4. The van der Waals surface area contributed by atoms with E-state index in [1.165, 1.54) is 14.2 Å². The smallest absolute Gasteiger partial charge is 0.337 e. The van der Waals surface area contributed by atoms with Crippen LogP contribution in [0, 0.1) is 0 Å². The number of amides is 1. The summed E-state index contributed by atoms with van der Waals surface area (Å²) in [4.78, 5) is 22.8. The van der Waals surface area contributed by atoms with E-state index in [9.17, 15) is 9.59 Å². The Morgan fingerprint density at radius 2 is 2.06 bits per heavy atom. The molecule has 17 heavy (non-hydrogen) atoms. The summed E-state index contributed by atoms with van der Waals surface area (Å²) in [5, 5.41) is 2.75. The second-order valence-corrected chi connectivity index (χ2v) is 3.75. The van der Waals surface area contributed by atoms with Gasteiger partial charge in [-0.2, -0.15) is 0 Å². The number of aryl methyl sites for hydroxylation is 1. The minimum absolute atomic E-state index is 0.0402. The zero-order chi connectivity index (χ0) is 12.4. The fourth-order valence-electron chi connectivity index (χ4n) is 1.86. The molecule has 2 rings (SSSR count). The third-order valence-corrected chi connectivity index (χ3v) is 2.71. The van der Waals surface area contributed by atoms with Crippen molar-refractivity contribution in [1.29, 1.82) is 0 Å². The average molecular weight is 235 g/mol. The molecular weight excluding hydrogens is 222 g/mol. The fourth-order valence-corrected chi connectivity index (χ4v) is 1.86. The van der Waals surface area contributed by atoms with Gasteiger partial charge in [0.05, 0.1) is 25.5 Å². The Morgan fingerprint density at radius 3 is 2.71 bits per heavy atom. The van der Waals surface area contributed by atoms with Crippen LogP contribution in [0.4, 0.5) is 5.69 Å². The molecule has 0 atom stereocenters. The molecule has 0 fully saturated rings. The molecule has 1 heterocycles. The first-order chi connectivity index (χ1) is 8.15. The van der Waals surface area contributed by atoms with E-state index in [-0.39, 0.29) is 5.91 Å². The van der Waals surface area contributed by atoms with Crippen molar-refractivity contribution in [3.8, 4) is 5.75 Å². The minimum Gasteiger partial charge on any atom is -0.495 e. The monoisotopic (exact) mass is 235 g/mol. The van der Waals surface area contributed by atoms with Crippen molar-refractivity contribution < 1.29 is 19.1 Å². The summed E-state index contributed by atoms with van der Waals surface area (Å²) in [5.74, 6) is 0.0283. The van der Waals surface area contributed by atoms with Crippen LogP contribution in [0.15, 0.2) is 12.1 Å². The number of carbonyl (C=O) groups excluding carboxylic acids is 2. The summed E-state index contributed by atoms with van der Waals surface area (Å²) >= 11 is 0. The van der Waals surface area contributed by atoms with Crippen LogP contribution < -0.4 is 10.1 Å². The Labute approximate surface area is 98.7 Å². The van der Waals surface area contributed by atoms with Gasteiger partial charge in [-0.15, -0.1) is 0 Å². The normalized spacial score (nSPS) is 13.6. The zero-order valence-corrected chi connectivity index (χ0v) is 9.70. The van der Waals surface area contributed by atoms with Crippen molar-refractivity contribution in [1.82, 2.24) is 0 Å². The molecule has 1 aliphatic rings. The maximum atomic E-state index is 11.5. The Kier molecular flexibility index (Phi) is 2.99. The quantitative estimate of drug-likeness (QED) is 0.786. The van der Waals surface area contributed by atoms with Crippen LogP contribution in [-0.2, 0) is 16.0 Å². The maximum Gasteiger partial charge on any atom is 0.337 e. The number of anilines is 1. The third-order valence-electron chi connectivity index (χ3n) is 2.71. The van der Waals surface area contributed by atoms with E-state index in [0.717, 1.165) is 5.56 Å². The van der Waals surface area contributed by atoms with Gasteiger partial charge in [-0.3, -0.25) is 4.79 Å². The molecule has 0 saturated carbocycles. The van der Waals surface area contributed by atoms with Crippen molar-refractivity contribution in [2.75, 3.05) is 19.5 Å². The van der Waals surface area contributed by atoms with Crippen molar-refractivity contribution in [2.45, 2.75) is 12.8 Å². The van der Waals surface area contributed by atoms with E-state index in [2.05, 4.69) is 10.1 Å². The van der Waals surface area contributed by atoms with Crippen LogP contribution in [0.25, 0.3) is 0 Å². The molecule has 1 aromatic carbocycles. The summed E-state index contributed by atoms with van der Waals surface area (Å²) < 4.78 is 9.84. The molecule has 0 aromatic heterocycles. The van der Waals surface area contributed by atoms with Crippen LogP contribution in [-0.4, -0.2) is 26.1 Å². The Morgan fingerprint density at radius 1 is 1.29 bits per heavy atom. The molecule has 90 valence electrons. The first kappa shape index (κ1) is 11.4. The molecule has 1 aromatic rings. The highest BCUT2D eigenvalue weighted by atomic mass is 16.5. The standard InChI is InChI=1S/C12H13NO4/c1-16-9-6-8(12(15)17-2)5-7-3-4-10(14)13-11(7)9/h5-6H,3-4H2,1-2H3,(H,13,14). The lowest BCUT2D eigenvalue weighted by molar-refractivity contribution is -0.116. The summed E-state index contributed by atoms with van der Waals surface area (Å²) in [6, 6.07) is 3.29. The molecule has 1 amide bonds. The van der Waals surface area contributed by atoms with Crippen LogP contribution in [0.2, 0.25) is 0 Å². The largest absolute Gasteiger partial charge is 0.495 e. The van der Waals surface area contributed by atoms with E-state index >= 15 is 0 Å². The number of nitrogens with one attached hydrogen (secondary N) is 1. The molecule has 0 bridgehead atoms. The van der Waals surface area contributed by atoms with Gasteiger partial charge in [-0.05, 0) is 24.1 Å². The van der Waals surface area contributed by atoms with Crippen molar-refractivity contribution in [2.24, 2.45) is 0 Å². The fraction of sp³-hybridized carbons (Fsp3) is 0.333. The molecule has 0 aliphatic carbocycles. The third kappa shape index (κ3) is 2.08. The summed E-state index contributed by atoms with van der Waals surface area (Å²) in [5.41, 5.74) is 1.97. The minimum atomic E-state index is -0.414. The van der Waals surface area contributed by atoms with Gasteiger partial charge in [0.15, 0.2) is 0 Å². The van der Waals surface area contributed by atoms with E-state index in [0.29, 0.717) is 29.8 Å². The first-order valence-corrected chi connectivity index (χ1v) is 5.24. The van der Waals surface area contributed by atoms with E-state index in [4.69, 9.17) is 4.74 Å². The molecule has 0 unspecified atom stereocenters. The van der Waals surface area contributed by atoms with Crippen LogP contribution in [0.1, 0.15) is 22.3 Å². The molecule has 5 nitrogen and oxygen atoms in total. The van der Waals surface area contributed by atoms with Crippen LogP contribution in [0.5, 0.6) is 5.75 Å². The molecular formula is C12H13NO4. The number of esters is 1. The number of methoxy groups -OCH3 is 2. The predicted octanol–water partition coefficient (Wildman–Crippen LogP) is 1.37. The summed E-state index contributed by atoms with van der Waals surface area (Å²) in [6.45, 7) is 0.